The number of likely N-dealkylation sites (tertiary alicyclic amines) is 1. The van der Waals surface area contributed by atoms with Crippen molar-refractivity contribution in [2.45, 2.75) is 45.1 Å². The molecule has 0 radical (unpaired) electrons. The molecule has 0 amide bonds. The van der Waals surface area contributed by atoms with Crippen LogP contribution in [0.15, 0.2) is 18.2 Å². The van der Waals surface area contributed by atoms with Gasteiger partial charge in [-0.25, -0.2) is 0 Å². The second kappa shape index (κ2) is 5.65. The summed E-state index contributed by atoms with van der Waals surface area (Å²) in [6.45, 7) is 8.79. The Labute approximate surface area is 122 Å². The van der Waals surface area contributed by atoms with Gasteiger partial charge in [0.1, 0.15) is 12.4 Å². The van der Waals surface area contributed by atoms with Crippen LogP contribution in [-0.4, -0.2) is 36.7 Å². The van der Waals surface area contributed by atoms with E-state index < -0.39 is 0 Å². The Morgan fingerprint density at radius 2 is 2.25 bits per heavy atom. The van der Waals surface area contributed by atoms with Crippen LogP contribution in [0, 0.1) is 0 Å². The lowest BCUT2D eigenvalue weighted by Crippen LogP contribution is -2.53. The van der Waals surface area contributed by atoms with Crippen LogP contribution in [0.1, 0.15) is 38.7 Å². The molecule has 2 aliphatic heterocycles. The van der Waals surface area contributed by atoms with Gasteiger partial charge in [0.05, 0.1) is 5.54 Å². The molecule has 1 fully saturated rings. The smallest absolute Gasteiger partial charge is 0.124 e. The van der Waals surface area contributed by atoms with Crippen LogP contribution < -0.4 is 10.1 Å². The fraction of sp³-hybridized carbons (Fsp3) is 0.647. The normalized spacial score (nSPS) is 26.1. The minimum atomic E-state index is 0.196. The highest BCUT2D eigenvalue weighted by Crippen LogP contribution is 2.33. The van der Waals surface area contributed by atoms with Gasteiger partial charge in [0.25, 0.3) is 0 Å². The first-order chi connectivity index (χ1) is 9.73. The van der Waals surface area contributed by atoms with Crippen molar-refractivity contribution in [3.05, 3.63) is 23.8 Å². The Bertz CT molecular complexity index is 474. The van der Waals surface area contributed by atoms with Crippen LogP contribution in [0.5, 0.6) is 5.75 Å². The molecule has 0 aromatic heterocycles. The van der Waals surface area contributed by atoms with Gasteiger partial charge < -0.3 is 10.1 Å². The molecule has 3 rings (SSSR count). The third-order valence-corrected chi connectivity index (χ3v) is 4.90. The van der Waals surface area contributed by atoms with E-state index in [1.807, 2.05) is 0 Å². The van der Waals surface area contributed by atoms with Crippen molar-refractivity contribution in [1.29, 1.82) is 0 Å². The van der Waals surface area contributed by atoms with Gasteiger partial charge in [-0.05, 0) is 51.4 Å². The van der Waals surface area contributed by atoms with Crippen molar-refractivity contribution >= 4 is 5.69 Å². The molecule has 20 heavy (non-hydrogen) atoms. The van der Waals surface area contributed by atoms with Crippen molar-refractivity contribution in [1.82, 2.24) is 4.90 Å². The summed E-state index contributed by atoms with van der Waals surface area (Å²) in [5.74, 6) is 1.08. The molecule has 2 heterocycles. The molecule has 1 N–H and O–H groups in total. The SMILES string of the molecule is CCN1CCCCC1(C)COc1cccc2c1CCN2. The lowest BCUT2D eigenvalue weighted by atomic mass is 9.89. The number of ether oxygens (including phenoxy) is 1. The van der Waals surface area contributed by atoms with Gasteiger partial charge >= 0.3 is 0 Å². The first-order valence-electron chi connectivity index (χ1n) is 7.96. The molecule has 1 aromatic rings. The molecular weight excluding hydrogens is 248 g/mol. The largest absolute Gasteiger partial charge is 0.491 e. The summed E-state index contributed by atoms with van der Waals surface area (Å²) in [6.07, 6.45) is 4.98. The van der Waals surface area contributed by atoms with Gasteiger partial charge in [-0.1, -0.05) is 19.4 Å². The van der Waals surface area contributed by atoms with Gasteiger partial charge in [-0.15, -0.1) is 0 Å². The van der Waals surface area contributed by atoms with E-state index in [4.69, 9.17) is 4.74 Å². The third-order valence-electron chi connectivity index (χ3n) is 4.90. The second-order valence-electron chi connectivity index (χ2n) is 6.28. The summed E-state index contributed by atoms with van der Waals surface area (Å²) >= 11 is 0. The van der Waals surface area contributed by atoms with Gasteiger partial charge in [0.15, 0.2) is 0 Å². The van der Waals surface area contributed by atoms with Gasteiger partial charge in [-0.3, -0.25) is 4.90 Å². The van der Waals surface area contributed by atoms with E-state index in [2.05, 4.69) is 42.3 Å². The topological polar surface area (TPSA) is 24.5 Å². The van der Waals surface area contributed by atoms with Crippen molar-refractivity contribution in [2.24, 2.45) is 0 Å². The van der Waals surface area contributed by atoms with Crippen molar-refractivity contribution in [3.8, 4) is 5.75 Å². The van der Waals surface area contributed by atoms with Crippen LogP contribution >= 0.6 is 0 Å². The third kappa shape index (κ3) is 2.51. The number of fused-ring (bicyclic) bond motifs is 1. The highest BCUT2D eigenvalue weighted by molar-refractivity contribution is 5.61. The van der Waals surface area contributed by atoms with Crippen LogP contribution in [0.4, 0.5) is 5.69 Å². The zero-order valence-corrected chi connectivity index (χ0v) is 12.7. The molecule has 2 aliphatic rings. The molecule has 0 bridgehead atoms. The predicted octanol–water partition coefficient (Wildman–Crippen LogP) is 3.30. The zero-order valence-electron chi connectivity index (χ0n) is 12.7. The maximum absolute atomic E-state index is 6.24. The molecule has 1 unspecified atom stereocenters. The summed E-state index contributed by atoms with van der Waals surface area (Å²) in [5, 5.41) is 3.42. The molecular formula is C17H26N2O. The average Bonchev–Trinajstić information content (AvgIpc) is 2.94. The fourth-order valence-corrected chi connectivity index (χ4v) is 3.62. The molecule has 1 atom stereocenters. The van der Waals surface area contributed by atoms with Crippen LogP contribution in [-0.2, 0) is 6.42 Å². The minimum absolute atomic E-state index is 0.196. The fourth-order valence-electron chi connectivity index (χ4n) is 3.62. The maximum Gasteiger partial charge on any atom is 0.124 e. The summed E-state index contributed by atoms with van der Waals surface area (Å²) in [6, 6.07) is 6.36. The first-order valence-corrected chi connectivity index (χ1v) is 7.96. The molecule has 3 heteroatoms. The van der Waals surface area contributed by atoms with Gasteiger partial charge in [0, 0.05) is 17.8 Å². The Kier molecular flexibility index (Phi) is 3.88. The second-order valence-corrected chi connectivity index (χ2v) is 6.28. The standard InChI is InChI=1S/C17H26N2O/c1-3-19-12-5-4-10-17(19,2)13-20-16-8-6-7-15-14(16)9-11-18-15/h6-8,18H,3-5,9-13H2,1-2H3. The Hall–Kier alpha value is -1.22. The highest BCUT2D eigenvalue weighted by atomic mass is 16.5. The lowest BCUT2D eigenvalue weighted by molar-refractivity contribution is 0.0248. The van der Waals surface area contributed by atoms with Crippen molar-refractivity contribution < 1.29 is 4.74 Å². The number of likely N-dealkylation sites (N-methyl/N-ethyl adjacent to an activating group) is 1. The van der Waals surface area contributed by atoms with Gasteiger partial charge in [0.2, 0.25) is 0 Å². The molecule has 3 nitrogen and oxygen atoms in total. The number of nitrogens with zero attached hydrogens (tertiary/aromatic N) is 1. The zero-order chi connectivity index (χ0) is 14.0. The molecule has 0 spiro atoms. The van der Waals surface area contributed by atoms with E-state index in [1.165, 1.54) is 37.1 Å². The molecule has 0 saturated carbocycles. The molecule has 110 valence electrons. The number of hydrogen-bond donors (Lipinski definition) is 1. The monoisotopic (exact) mass is 274 g/mol. The number of benzene rings is 1. The molecule has 0 aliphatic carbocycles. The maximum atomic E-state index is 6.24. The van der Waals surface area contributed by atoms with Crippen LogP contribution in [0.2, 0.25) is 0 Å². The average molecular weight is 274 g/mol. The summed E-state index contributed by atoms with van der Waals surface area (Å²) < 4.78 is 6.24. The first kappa shape index (κ1) is 13.7. The summed E-state index contributed by atoms with van der Waals surface area (Å²) in [4.78, 5) is 2.58. The number of rotatable bonds is 4. The molecule has 1 saturated heterocycles. The van der Waals surface area contributed by atoms with E-state index >= 15 is 0 Å². The Morgan fingerprint density at radius 1 is 1.35 bits per heavy atom. The number of piperidine rings is 1. The van der Waals surface area contributed by atoms with E-state index in [9.17, 15) is 0 Å². The highest BCUT2D eigenvalue weighted by Gasteiger charge is 2.34. The minimum Gasteiger partial charge on any atom is -0.491 e. The van der Waals surface area contributed by atoms with E-state index in [0.29, 0.717) is 0 Å². The van der Waals surface area contributed by atoms with E-state index in [1.54, 1.807) is 0 Å². The van der Waals surface area contributed by atoms with Gasteiger partial charge in [-0.2, -0.15) is 0 Å². The van der Waals surface area contributed by atoms with Crippen molar-refractivity contribution in [3.63, 3.8) is 0 Å². The number of hydrogen-bond acceptors (Lipinski definition) is 3. The van der Waals surface area contributed by atoms with E-state index in [-0.39, 0.29) is 5.54 Å². The Balaban J connectivity index is 1.71. The lowest BCUT2D eigenvalue weighted by Gasteiger charge is -2.44. The molecule has 1 aromatic carbocycles. The van der Waals surface area contributed by atoms with Crippen LogP contribution in [0.25, 0.3) is 0 Å². The quantitative estimate of drug-likeness (QED) is 0.911. The summed E-state index contributed by atoms with van der Waals surface area (Å²) in [7, 11) is 0. The Morgan fingerprint density at radius 3 is 3.10 bits per heavy atom. The predicted molar refractivity (Wildman–Crippen MR) is 83.6 cm³/mol. The number of anilines is 1. The summed E-state index contributed by atoms with van der Waals surface area (Å²) in [5.41, 5.74) is 2.81. The van der Waals surface area contributed by atoms with Crippen LogP contribution in [0.3, 0.4) is 0 Å². The number of nitrogens with one attached hydrogen (secondary N) is 1. The van der Waals surface area contributed by atoms with E-state index in [0.717, 1.165) is 31.9 Å². The van der Waals surface area contributed by atoms with Crippen molar-refractivity contribution in [2.75, 3.05) is 31.6 Å².